The van der Waals surface area contributed by atoms with Gasteiger partial charge in [-0.1, -0.05) is 109 Å². The molecule has 64 heavy (non-hydrogen) atoms. The minimum absolute atomic E-state index is 0.650. The number of benzene rings is 8. The highest BCUT2D eigenvalue weighted by atomic mass is 16.5. The number of rotatable bonds is 16. The van der Waals surface area contributed by atoms with Gasteiger partial charge in [0, 0.05) is 98.8 Å². The van der Waals surface area contributed by atoms with Gasteiger partial charge < -0.3 is 27.9 Å². The van der Waals surface area contributed by atoms with Crippen LogP contribution in [0.2, 0.25) is 0 Å². The normalized spacial score (nSPS) is 11.8. The van der Waals surface area contributed by atoms with Crippen LogP contribution in [0.3, 0.4) is 0 Å². The summed E-state index contributed by atoms with van der Waals surface area (Å²) in [7, 11) is 1.77. The van der Waals surface area contributed by atoms with E-state index >= 15 is 0 Å². The van der Waals surface area contributed by atoms with Crippen LogP contribution in [-0.4, -0.2) is 40.6 Å². The van der Waals surface area contributed by atoms with E-state index in [-0.39, 0.29) is 0 Å². The van der Waals surface area contributed by atoms with Crippen LogP contribution in [0.25, 0.3) is 87.7 Å². The summed E-state index contributed by atoms with van der Waals surface area (Å²) < 4.78 is 25.3. The van der Waals surface area contributed by atoms with E-state index in [9.17, 15) is 0 Å². The predicted molar refractivity (Wildman–Crippen MR) is 266 cm³/mol. The van der Waals surface area contributed by atoms with E-state index in [0.717, 1.165) is 57.0 Å². The minimum Gasteiger partial charge on any atom is -0.494 e. The number of ether oxygens (including phenoxy) is 3. The lowest BCUT2D eigenvalue weighted by atomic mass is 10.00. The third-order valence-corrected chi connectivity index (χ3v) is 12.9. The summed E-state index contributed by atoms with van der Waals surface area (Å²) in [5.74, 6) is 1.78. The molecule has 8 aromatic carbocycles. The molecule has 0 aliphatic heterocycles. The molecular weight excluding hydrogens is 787 g/mol. The maximum absolute atomic E-state index is 6.29. The third-order valence-electron chi connectivity index (χ3n) is 12.9. The highest BCUT2D eigenvalue weighted by Crippen LogP contribution is 2.37. The lowest BCUT2D eigenvalue weighted by Gasteiger charge is -2.10. The minimum atomic E-state index is 0.650. The molecule has 0 aliphatic rings. The van der Waals surface area contributed by atoms with Crippen LogP contribution >= 0.6 is 0 Å². The first kappa shape index (κ1) is 39.6. The van der Waals surface area contributed by atoms with Crippen LogP contribution < -0.4 is 9.47 Å². The molecule has 11 rings (SSSR count). The summed E-state index contributed by atoms with van der Waals surface area (Å²) >= 11 is 0. The molecule has 0 unspecified atom stereocenters. The van der Waals surface area contributed by atoms with Crippen molar-refractivity contribution in [2.24, 2.45) is 0 Å². The maximum Gasteiger partial charge on any atom is 0.119 e. The Morgan fingerprint density at radius 1 is 0.312 bits per heavy atom. The van der Waals surface area contributed by atoms with Crippen molar-refractivity contribution in [2.45, 2.75) is 38.9 Å². The van der Waals surface area contributed by atoms with E-state index in [0.29, 0.717) is 13.2 Å². The molecule has 0 spiro atoms. The van der Waals surface area contributed by atoms with Crippen LogP contribution in [0.4, 0.5) is 0 Å². The van der Waals surface area contributed by atoms with E-state index in [2.05, 4.69) is 196 Å². The zero-order valence-corrected chi connectivity index (χ0v) is 36.3. The SMILES string of the molecule is COCCCn1c2ccc(-c3ccc(OCCCn4c5ccccc5c5ccccc54)cc3)cc2c2cc(-c3ccc(OCCCn4c5ccccc5c5ccccc54)cc3)ccc21. The van der Waals surface area contributed by atoms with Gasteiger partial charge in [0.05, 0.1) is 13.2 Å². The molecule has 0 fully saturated rings. The van der Waals surface area contributed by atoms with Crippen molar-refractivity contribution in [2.75, 3.05) is 26.9 Å². The smallest absolute Gasteiger partial charge is 0.119 e. The van der Waals surface area contributed by atoms with Crippen molar-refractivity contribution in [1.82, 2.24) is 13.7 Å². The van der Waals surface area contributed by atoms with Crippen LogP contribution in [0.1, 0.15) is 19.3 Å². The maximum atomic E-state index is 6.29. The molecule has 0 atom stereocenters. The van der Waals surface area contributed by atoms with Crippen molar-refractivity contribution in [1.29, 1.82) is 0 Å². The number of fused-ring (bicyclic) bond motifs is 9. The fourth-order valence-corrected chi connectivity index (χ4v) is 9.87. The Morgan fingerprint density at radius 3 is 0.984 bits per heavy atom. The molecule has 0 bridgehead atoms. The van der Waals surface area contributed by atoms with Crippen molar-refractivity contribution >= 4 is 65.4 Å². The van der Waals surface area contributed by atoms with Gasteiger partial charge in [-0.05, 0) is 114 Å². The van der Waals surface area contributed by atoms with Gasteiger partial charge in [-0.25, -0.2) is 0 Å². The first-order valence-corrected chi connectivity index (χ1v) is 22.7. The molecule has 0 N–H and O–H groups in total. The first-order chi connectivity index (χ1) is 31.7. The summed E-state index contributed by atoms with van der Waals surface area (Å²) in [5, 5.41) is 7.72. The fourth-order valence-electron chi connectivity index (χ4n) is 9.87. The van der Waals surface area contributed by atoms with Gasteiger partial charge in [-0.15, -0.1) is 0 Å². The molecule has 0 saturated carbocycles. The largest absolute Gasteiger partial charge is 0.494 e. The van der Waals surface area contributed by atoms with Crippen LogP contribution in [0.15, 0.2) is 182 Å². The number of aryl methyl sites for hydroxylation is 3. The molecule has 0 radical (unpaired) electrons. The van der Waals surface area contributed by atoms with E-state index < -0.39 is 0 Å². The summed E-state index contributed by atoms with van der Waals surface area (Å²) in [6.07, 6.45) is 2.78. The standard InChI is InChI=1S/C58H51N3O3/c1-62-36-10-33-61-57-31-25-43(41-21-27-45(28-22-41)63-37-11-34-59-53-17-6-2-13-47(53)48-14-3-7-18-54(48)59)39-51(57)52-40-44(26-32-58(52)61)42-23-29-46(30-24-42)64-38-12-35-60-55-19-8-4-15-49(55)50-16-5-9-20-56(50)60/h2-9,13-32,39-40H,10-12,33-38H2,1H3. The van der Waals surface area contributed by atoms with Crippen molar-refractivity contribution in [3.63, 3.8) is 0 Å². The molecule has 0 aliphatic carbocycles. The van der Waals surface area contributed by atoms with Gasteiger partial charge in [0.1, 0.15) is 11.5 Å². The predicted octanol–water partition coefficient (Wildman–Crippen LogP) is 14.3. The van der Waals surface area contributed by atoms with Crippen molar-refractivity contribution in [3.05, 3.63) is 182 Å². The first-order valence-electron chi connectivity index (χ1n) is 22.7. The van der Waals surface area contributed by atoms with Crippen LogP contribution in [0, 0.1) is 0 Å². The highest BCUT2D eigenvalue weighted by molar-refractivity contribution is 6.11. The average Bonchev–Trinajstić information content (AvgIpc) is 3.97. The number of methoxy groups -OCH3 is 1. The Bertz CT molecular complexity index is 3080. The summed E-state index contributed by atoms with van der Waals surface area (Å²) in [5.41, 5.74) is 12.3. The quantitative estimate of drug-likeness (QED) is 0.0911. The lowest BCUT2D eigenvalue weighted by Crippen LogP contribution is -2.04. The Balaban J connectivity index is 0.782. The van der Waals surface area contributed by atoms with E-state index in [4.69, 9.17) is 14.2 Å². The number of hydrogen-bond donors (Lipinski definition) is 0. The Labute approximate surface area is 373 Å². The Kier molecular flexibility index (Phi) is 10.8. The summed E-state index contributed by atoms with van der Waals surface area (Å²) in [6, 6.07) is 65.6. The van der Waals surface area contributed by atoms with E-state index in [1.54, 1.807) is 7.11 Å². The number of aromatic nitrogens is 3. The van der Waals surface area contributed by atoms with Crippen molar-refractivity contribution < 1.29 is 14.2 Å². The molecular formula is C58H51N3O3. The summed E-state index contributed by atoms with van der Waals surface area (Å²) in [6.45, 7) is 4.71. The van der Waals surface area contributed by atoms with Gasteiger partial charge in [0.2, 0.25) is 0 Å². The molecule has 3 aromatic heterocycles. The van der Waals surface area contributed by atoms with Gasteiger partial charge in [-0.2, -0.15) is 0 Å². The second-order valence-corrected chi connectivity index (χ2v) is 16.8. The number of hydrogen-bond acceptors (Lipinski definition) is 3. The second kappa shape index (κ2) is 17.5. The topological polar surface area (TPSA) is 42.5 Å². The fraction of sp³-hybridized carbons (Fsp3) is 0.172. The zero-order chi connectivity index (χ0) is 42.8. The Hall–Kier alpha value is -7.28. The van der Waals surface area contributed by atoms with Crippen LogP contribution in [0.5, 0.6) is 11.5 Å². The molecule has 6 nitrogen and oxygen atoms in total. The third kappa shape index (κ3) is 7.44. The molecule has 0 amide bonds. The van der Waals surface area contributed by atoms with Gasteiger partial charge in [0.15, 0.2) is 0 Å². The van der Waals surface area contributed by atoms with E-state index in [1.165, 1.54) is 87.7 Å². The van der Waals surface area contributed by atoms with Gasteiger partial charge >= 0.3 is 0 Å². The Morgan fingerprint density at radius 2 is 0.625 bits per heavy atom. The second-order valence-electron chi connectivity index (χ2n) is 16.8. The highest BCUT2D eigenvalue weighted by Gasteiger charge is 2.15. The lowest BCUT2D eigenvalue weighted by molar-refractivity contribution is 0.191. The summed E-state index contributed by atoms with van der Waals surface area (Å²) in [4.78, 5) is 0. The number of para-hydroxylation sites is 4. The monoisotopic (exact) mass is 837 g/mol. The van der Waals surface area contributed by atoms with Gasteiger partial charge in [-0.3, -0.25) is 0 Å². The molecule has 3 heterocycles. The van der Waals surface area contributed by atoms with Crippen molar-refractivity contribution in [3.8, 4) is 33.8 Å². The zero-order valence-electron chi connectivity index (χ0n) is 36.3. The molecule has 11 aromatic rings. The van der Waals surface area contributed by atoms with Crippen LogP contribution in [-0.2, 0) is 24.4 Å². The molecule has 6 heteroatoms. The molecule has 0 saturated heterocycles. The van der Waals surface area contributed by atoms with Gasteiger partial charge in [0.25, 0.3) is 0 Å². The number of nitrogens with zero attached hydrogens (tertiary/aromatic N) is 3. The average molecular weight is 838 g/mol. The van der Waals surface area contributed by atoms with E-state index in [1.807, 2.05) is 0 Å². The molecule has 316 valence electrons.